The topological polar surface area (TPSA) is 80.3 Å². The number of rotatable bonds is 6. The average Bonchev–Trinajstić information content (AvgIpc) is 2.12. The summed E-state index contributed by atoms with van der Waals surface area (Å²) in [6, 6.07) is 0. The van der Waals surface area contributed by atoms with Gasteiger partial charge in [-0.15, -0.1) is 0 Å². The van der Waals surface area contributed by atoms with E-state index in [4.69, 9.17) is 0 Å². The van der Waals surface area contributed by atoms with Gasteiger partial charge in [0.1, 0.15) is 0 Å². The number of aliphatic carboxylic acids is 2. The molecule has 96 valence electrons. The van der Waals surface area contributed by atoms with Crippen LogP contribution < -0.4 is 10.2 Å². The summed E-state index contributed by atoms with van der Waals surface area (Å²) in [5.41, 5.74) is 0. The van der Waals surface area contributed by atoms with Crippen molar-refractivity contribution >= 4 is 35.0 Å². The van der Waals surface area contributed by atoms with Gasteiger partial charge in [-0.3, -0.25) is 0 Å². The zero-order valence-electron chi connectivity index (χ0n) is 11.3. The molecule has 0 N–H and O–H groups in total. The summed E-state index contributed by atoms with van der Waals surface area (Å²) < 4.78 is 0. The van der Waals surface area contributed by atoms with Crippen LogP contribution in [0.3, 0.4) is 0 Å². The maximum absolute atomic E-state index is 9.79. The molecule has 0 rings (SSSR count). The van der Waals surface area contributed by atoms with E-state index in [9.17, 15) is 19.8 Å². The van der Waals surface area contributed by atoms with Crippen LogP contribution in [0.15, 0.2) is 0 Å². The molecular formula is C12H22MgO4. The first-order chi connectivity index (χ1) is 7.25. The Bertz CT molecular complexity index is 181. The minimum absolute atomic E-state index is 0. The number of hydrogen-bond acceptors (Lipinski definition) is 4. The van der Waals surface area contributed by atoms with Gasteiger partial charge in [-0.2, -0.15) is 0 Å². The third-order valence-electron chi connectivity index (χ3n) is 1.85. The minimum atomic E-state index is -0.946. The molecule has 0 radical (unpaired) electrons. The number of carbonyl (C=O) groups is 2. The first kappa shape index (κ1) is 21.9. The Morgan fingerprint density at radius 3 is 1.12 bits per heavy atom. The molecule has 0 unspecified atom stereocenters. The van der Waals surface area contributed by atoms with Crippen molar-refractivity contribution in [2.75, 3.05) is 0 Å². The molecule has 0 aromatic rings. The summed E-state index contributed by atoms with van der Waals surface area (Å²) in [4.78, 5) is 19.6. The van der Waals surface area contributed by atoms with Crippen LogP contribution in [0.1, 0.15) is 53.4 Å². The van der Waals surface area contributed by atoms with Gasteiger partial charge in [0.05, 0.1) is 0 Å². The zero-order valence-corrected chi connectivity index (χ0v) is 12.7. The first-order valence-corrected chi connectivity index (χ1v) is 5.65. The van der Waals surface area contributed by atoms with Crippen molar-refractivity contribution in [3.8, 4) is 0 Å². The second-order valence-electron chi connectivity index (χ2n) is 4.61. The van der Waals surface area contributed by atoms with Crippen LogP contribution >= 0.6 is 0 Å². The Morgan fingerprint density at radius 1 is 0.824 bits per heavy atom. The van der Waals surface area contributed by atoms with E-state index in [1.807, 2.05) is 27.7 Å². The van der Waals surface area contributed by atoms with E-state index in [1.165, 1.54) is 0 Å². The Kier molecular flexibility index (Phi) is 17.8. The first-order valence-electron chi connectivity index (χ1n) is 5.65. The summed E-state index contributed by atoms with van der Waals surface area (Å²) in [6.45, 7) is 7.96. The van der Waals surface area contributed by atoms with Crippen LogP contribution in [0.2, 0.25) is 0 Å². The van der Waals surface area contributed by atoms with E-state index < -0.39 is 11.9 Å². The normalized spacial score (nSPS) is 9.29. The molecule has 0 fully saturated rings. The Hall–Kier alpha value is -0.294. The second-order valence-corrected chi connectivity index (χ2v) is 4.61. The summed E-state index contributed by atoms with van der Waals surface area (Å²) in [5, 5.41) is 19.6. The third-order valence-corrected chi connectivity index (χ3v) is 1.85. The molecule has 17 heavy (non-hydrogen) atoms. The summed E-state index contributed by atoms with van der Waals surface area (Å²) >= 11 is 0. The minimum Gasteiger partial charge on any atom is -0.550 e. The molecule has 0 atom stereocenters. The van der Waals surface area contributed by atoms with Crippen molar-refractivity contribution < 1.29 is 19.8 Å². The predicted octanol–water partition coefficient (Wildman–Crippen LogP) is -0.0358. The Labute approximate surface area is 120 Å². The van der Waals surface area contributed by atoms with Gasteiger partial charge < -0.3 is 19.8 Å². The molecule has 0 heterocycles. The molecule has 0 spiro atoms. The molecule has 0 saturated heterocycles. The summed E-state index contributed by atoms with van der Waals surface area (Å²) in [7, 11) is 0. The van der Waals surface area contributed by atoms with Crippen molar-refractivity contribution in [2.24, 2.45) is 11.8 Å². The van der Waals surface area contributed by atoms with Gasteiger partial charge in [-0.1, -0.05) is 27.7 Å². The van der Waals surface area contributed by atoms with Crippen LogP contribution in [0, 0.1) is 11.8 Å². The Morgan fingerprint density at radius 2 is 1.06 bits per heavy atom. The van der Waals surface area contributed by atoms with Gasteiger partial charge in [-0.05, 0) is 37.5 Å². The van der Waals surface area contributed by atoms with Crippen LogP contribution in [-0.4, -0.2) is 35.0 Å². The van der Waals surface area contributed by atoms with E-state index >= 15 is 0 Å². The average molecular weight is 255 g/mol. The standard InChI is InChI=1S/2C6H12O2.Mg/c2*1-5(2)3-4-6(7)8;/h2*5H,3-4H2,1-2H3,(H,7,8);/q;;+2/p-2. The Balaban J connectivity index is -0.000000218. The van der Waals surface area contributed by atoms with E-state index in [0.717, 1.165) is 12.8 Å². The molecule has 0 bridgehead atoms. The summed E-state index contributed by atoms with van der Waals surface area (Å²) in [5.74, 6) is -0.960. The van der Waals surface area contributed by atoms with Crippen LogP contribution in [0.25, 0.3) is 0 Å². The maximum atomic E-state index is 9.79. The van der Waals surface area contributed by atoms with Crippen molar-refractivity contribution in [2.45, 2.75) is 53.4 Å². The zero-order chi connectivity index (χ0) is 13.1. The largest absolute Gasteiger partial charge is 2.00 e. The van der Waals surface area contributed by atoms with Gasteiger partial charge in [-0.25, -0.2) is 0 Å². The van der Waals surface area contributed by atoms with E-state index in [2.05, 4.69) is 0 Å². The fourth-order valence-electron chi connectivity index (χ4n) is 0.813. The molecule has 5 heteroatoms. The van der Waals surface area contributed by atoms with E-state index in [-0.39, 0.29) is 35.9 Å². The van der Waals surface area contributed by atoms with Crippen molar-refractivity contribution in [3.05, 3.63) is 0 Å². The van der Waals surface area contributed by atoms with Crippen LogP contribution in [0.5, 0.6) is 0 Å². The monoisotopic (exact) mass is 254 g/mol. The van der Waals surface area contributed by atoms with E-state index in [1.54, 1.807) is 0 Å². The number of carboxylic acid groups (broad SMARTS) is 2. The molecular weight excluding hydrogens is 232 g/mol. The van der Waals surface area contributed by atoms with Gasteiger partial charge >= 0.3 is 23.1 Å². The molecule has 0 aliphatic carbocycles. The maximum Gasteiger partial charge on any atom is 2.00 e. The number of carboxylic acids is 2. The van der Waals surface area contributed by atoms with Crippen molar-refractivity contribution in [3.63, 3.8) is 0 Å². The summed E-state index contributed by atoms with van der Waals surface area (Å²) in [6.07, 6.45) is 1.83. The second kappa shape index (κ2) is 13.8. The van der Waals surface area contributed by atoms with Crippen LogP contribution in [0.4, 0.5) is 0 Å². The molecule has 0 saturated carbocycles. The van der Waals surface area contributed by atoms with Gasteiger partial charge in [0.2, 0.25) is 0 Å². The quantitative estimate of drug-likeness (QED) is 0.623. The fourth-order valence-corrected chi connectivity index (χ4v) is 0.813. The molecule has 0 amide bonds. The van der Waals surface area contributed by atoms with Crippen molar-refractivity contribution in [1.29, 1.82) is 0 Å². The molecule has 0 aromatic carbocycles. The predicted molar refractivity (Wildman–Crippen MR) is 63.9 cm³/mol. The van der Waals surface area contributed by atoms with Gasteiger partial charge in [0, 0.05) is 11.9 Å². The van der Waals surface area contributed by atoms with Gasteiger partial charge in [0.25, 0.3) is 0 Å². The number of carbonyl (C=O) groups excluding carboxylic acids is 2. The van der Waals surface area contributed by atoms with E-state index in [0.29, 0.717) is 11.8 Å². The smallest absolute Gasteiger partial charge is 0.550 e. The third kappa shape index (κ3) is 31.3. The molecule has 0 aliphatic rings. The van der Waals surface area contributed by atoms with Gasteiger partial charge in [0.15, 0.2) is 0 Å². The van der Waals surface area contributed by atoms with Crippen molar-refractivity contribution in [1.82, 2.24) is 0 Å². The fraction of sp³-hybridized carbons (Fsp3) is 0.833. The molecule has 0 aromatic heterocycles. The molecule has 0 aliphatic heterocycles. The molecule has 4 nitrogen and oxygen atoms in total. The number of hydrogen-bond donors (Lipinski definition) is 0. The van der Waals surface area contributed by atoms with Crippen LogP contribution in [-0.2, 0) is 9.59 Å². The SMILES string of the molecule is CC(C)CCC(=O)[O-].CC(C)CCC(=O)[O-].[Mg+2].